The van der Waals surface area contributed by atoms with Crippen LogP contribution in [0.1, 0.15) is 155 Å². The van der Waals surface area contributed by atoms with Crippen LogP contribution in [0.4, 0.5) is 0 Å². The Morgan fingerprint density at radius 1 is 0.604 bits per heavy atom. The van der Waals surface area contributed by atoms with Gasteiger partial charge in [-0.2, -0.15) is 0 Å². The number of phosphoric ester groups is 1. The Morgan fingerprint density at radius 3 is 1.57 bits per heavy atom. The van der Waals surface area contributed by atoms with E-state index in [-0.39, 0.29) is 32.2 Å². The minimum atomic E-state index is -4.29. The molecule has 308 valence electrons. The number of quaternary nitrogens is 1. The summed E-state index contributed by atoms with van der Waals surface area (Å²) in [6, 6.07) is 0. The molecular weight excluding hydrogens is 685 g/mol. The van der Waals surface area contributed by atoms with Crippen LogP contribution in [0.5, 0.6) is 0 Å². The highest BCUT2D eigenvalue weighted by Crippen LogP contribution is 2.43. The van der Waals surface area contributed by atoms with Crippen LogP contribution < -0.4 is 0 Å². The number of carbonyl (C=O) groups is 1. The average molecular weight is 767 g/mol. The second-order valence-electron chi connectivity index (χ2n) is 15.0. The van der Waals surface area contributed by atoms with E-state index in [9.17, 15) is 14.3 Å². The number of unbranched alkanes of at least 4 members (excludes halogenated alkanes) is 14. The molecule has 0 spiro atoms. The smallest absolute Gasteiger partial charge is 0.457 e. The number of ether oxygens (including phenoxy) is 2. The molecule has 0 rings (SSSR count). The van der Waals surface area contributed by atoms with E-state index in [4.69, 9.17) is 18.5 Å². The summed E-state index contributed by atoms with van der Waals surface area (Å²) in [5.74, 6) is -0.371. The maximum absolute atomic E-state index is 12.6. The zero-order chi connectivity index (χ0) is 39.1. The summed E-state index contributed by atoms with van der Waals surface area (Å²) in [5.41, 5.74) is 0. The van der Waals surface area contributed by atoms with E-state index in [1.807, 2.05) is 21.1 Å². The molecule has 0 heterocycles. The number of rotatable bonds is 38. The molecule has 0 saturated heterocycles. The molecule has 1 N–H and O–H groups in total. The summed E-state index contributed by atoms with van der Waals surface area (Å²) in [5, 5.41) is 0. The van der Waals surface area contributed by atoms with E-state index < -0.39 is 13.9 Å². The monoisotopic (exact) mass is 767 g/mol. The Labute approximate surface area is 326 Å². The third kappa shape index (κ3) is 41.2. The molecular formula is C44H81NO7P+. The fraction of sp³-hybridized carbons (Fsp3) is 0.750. The van der Waals surface area contributed by atoms with E-state index in [1.54, 1.807) is 0 Å². The lowest BCUT2D eigenvalue weighted by Gasteiger charge is -2.24. The van der Waals surface area contributed by atoms with Crippen LogP contribution in [-0.4, -0.2) is 75.6 Å². The standard InChI is InChI=1S/C44H80NO7P/c1-6-8-10-12-14-16-18-20-22-23-24-25-27-29-31-33-35-37-44(46)52-43(42-51-53(47,48)50-40-38-45(3,4)5)41-49-39-36-34-32-30-28-26-21-19-17-15-13-11-9-7-2/h8,10,14,16,20,22,24-25,29,31,43H,6-7,9,11-13,15,17-19,21,23,26-28,30,32-42H2,1-5H3/p+1/b10-8-,16-14-,22-20-,25-24-,31-29-/t43-/m1/s1. The Kier molecular flexibility index (Phi) is 35.9. The summed E-state index contributed by atoms with van der Waals surface area (Å²) in [4.78, 5) is 22.8. The number of esters is 1. The molecule has 0 aliphatic heterocycles. The maximum Gasteiger partial charge on any atom is 0.472 e. The SMILES string of the molecule is CC/C=C\C/C=C\C/C=C\C/C=C\C/C=C\CCCC(=O)O[C@H](COCCCCCCCCCCCCCCCC)COP(=O)(O)OCC[N+](C)(C)C. The molecule has 0 radical (unpaired) electrons. The second-order valence-corrected chi connectivity index (χ2v) is 16.4. The molecule has 0 saturated carbocycles. The van der Waals surface area contributed by atoms with E-state index in [0.29, 0.717) is 24.1 Å². The van der Waals surface area contributed by atoms with Crippen LogP contribution in [0.2, 0.25) is 0 Å². The van der Waals surface area contributed by atoms with Gasteiger partial charge in [0.05, 0.1) is 34.4 Å². The van der Waals surface area contributed by atoms with Crippen molar-refractivity contribution in [2.24, 2.45) is 0 Å². The summed E-state index contributed by atoms with van der Waals surface area (Å²) >= 11 is 0. The van der Waals surface area contributed by atoms with Gasteiger partial charge >= 0.3 is 13.8 Å². The second kappa shape index (κ2) is 37.1. The van der Waals surface area contributed by atoms with Crippen LogP contribution in [0.15, 0.2) is 60.8 Å². The lowest BCUT2D eigenvalue weighted by Crippen LogP contribution is -2.37. The third-order valence-electron chi connectivity index (χ3n) is 8.59. The van der Waals surface area contributed by atoms with Crippen molar-refractivity contribution in [2.75, 3.05) is 54.1 Å². The average Bonchev–Trinajstić information content (AvgIpc) is 3.11. The predicted molar refractivity (Wildman–Crippen MR) is 224 cm³/mol. The molecule has 0 bridgehead atoms. The molecule has 1 unspecified atom stereocenters. The van der Waals surface area contributed by atoms with Crippen molar-refractivity contribution >= 4 is 13.8 Å². The van der Waals surface area contributed by atoms with Crippen LogP contribution in [0.3, 0.4) is 0 Å². The first kappa shape index (κ1) is 51.2. The van der Waals surface area contributed by atoms with Gasteiger partial charge in [-0.1, -0.05) is 158 Å². The number of likely N-dealkylation sites (N-methyl/N-ethyl adjacent to an activating group) is 1. The number of allylic oxidation sites excluding steroid dienone is 10. The van der Waals surface area contributed by atoms with Crippen LogP contribution in [-0.2, 0) is 27.9 Å². The third-order valence-corrected chi connectivity index (χ3v) is 9.58. The summed E-state index contributed by atoms with van der Waals surface area (Å²) in [7, 11) is 1.63. The van der Waals surface area contributed by atoms with Gasteiger partial charge in [0.25, 0.3) is 0 Å². The molecule has 8 nitrogen and oxygen atoms in total. The van der Waals surface area contributed by atoms with Crippen molar-refractivity contribution in [1.82, 2.24) is 0 Å². The van der Waals surface area contributed by atoms with Gasteiger partial charge in [0.15, 0.2) is 0 Å². The Bertz CT molecular complexity index is 1030. The molecule has 0 aromatic carbocycles. The number of hydrogen-bond acceptors (Lipinski definition) is 6. The summed E-state index contributed by atoms with van der Waals surface area (Å²) in [6.45, 7) is 5.43. The quantitative estimate of drug-likeness (QED) is 0.0220. The molecule has 0 amide bonds. The van der Waals surface area contributed by atoms with Gasteiger partial charge < -0.3 is 18.9 Å². The highest BCUT2D eigenvalue weighted by Gasteiger charge is 2.26. The Hall–Kier alpha value is -1.80. The van der Waals surface area contributed by atoms with Gasteiger partial charge in [-0.3, -0.25) is 13.8 Å². The maximum atomic E-state index is 12.6. The lowest BCUT2D eigenvalue weighted by molar-refractivity contribution is -0.870. The fourth-order valence-corrected chi connectivity index (χ4v) is 6.09. The number of phosphoric acid groups is 1. The first-order valence-electron chi connectivity index (χ1n) is 21.0. The highest BCUT2D eigenvalue weighted by molar-refractivity contribution is 7.47. The zero-order valence-corrected chi connectivity index (χ0v) is 35.6. The van der Waals surface area contributed by atoms with E-state index in [2.05, 4.69) is 74.6 Å². The van der Waals surface area contributed by atoms with E-state index in [0.717, 1.165) is 51.4 Å². The molecule has 0 aromatic rings. The lowest BCUT2D eigenvalue weighted by atomic mass is 10.0. The van der Waals surface area contributed by atoms with E-state index in [1.165, 1.54) is 77.0 Å². The van der Waals surface area contributed by atoms with Gasteiger partial charge in [0.1, 0.15) is 19.3 Å². The Balaban J connectivity index is 4.37. The summed E-state index contributed by atoms with van der Waals surface area (Å²) < 4.78 is 34.9. The van der Waals surface area contributed by atoms with Crippen molar-refractivity contribution < 1.29 is 37.3 Å². The van der Waals surface area contributed by atoms with Crippen molar-refractivity contribution in [1.29, 1.82) is 0 Å². The molecule has 53 heavy (non-hydrogen) atoms. The van der Waals surface area contributed by atoms with Crippen LogP contribution in [0, 0.1) is 0 Å². The minimum Gasteiger partial charge on any atom is -0.457 e. The number of hydrogen-bond donors (Lipinski definition) is 1. The first-order chi connectivity index (χ1) is 25.6. The number of nitrogens with zero attached hydrogens (tertiary/aromatic N) is 1. The molecule has 0 aliphatic rings. The van der Waals surface area contributed by atoms with Crippen LogP contribution >= 0.6 is 7.82 Å². The minimum absolute atomic E-state index is 0.0765. The van der Waals surface area contributed by atoms with Gasteiger partial charge in [-0.05, 0) is 51.4 Å². The normalized spacial score (nSPS) is 14.5. The number of carbonyl (C=O) groups excluding carboxylic acids is 1. The molecule has 0 aromatic heterocycles. The van der Waals surface area contributed by atoms with Gasteiger partial charge in [0.2, 0.25) is 0 Å². The van der Waals surface area contributed by atoms with Crippen molar-refractivity contribution in [3.63, 3.8) is 0 Å². The van der Waals surface area contributed by atoms with Gasteiger partial charge in [-0.25, -0.2) is 4.57 Å². The zero-order valence-electron chi connectivity index (χ0n) is 34.7. The van der Waals surface area contributed by atoms with Crippen molar-refractivity contribution in [3.05, 3.63) is 60.8 Å². The first-order valence-corrected chi connectivity index (χ1v) is 22.5. The van der Waals surface area contributed by atoms with Crippen molar-refractivity contribution in [2.45, 2.75) is 161 Å². The highest BCUT2D eigenvalue weighted by atomic mass is 31.2. The molecule has 9 heteroatoms. The fourth-order valence-electron chi connectivity index (χ4n) is 5.35. The topological polar surface area (TPSA) is 91.3 Å². The van der Waals surface area contributed by atoms with Gasteiger partial charge in [-0.15, -0.1) is 0 Å². The molecule has 2 atom stereocenters. The largest absolute Gasteiger partial charge is 0.472 e. The van der Waals surface area contributed by atoms with Crippen LogP contribution in [0.25, 0.3) is 0 Å². The molecule has 0 aliphatic carbocycles. The predicted octanol–water partition coefficient (Wildman–Crippen LogP) is 12.2. The van der Waals surface area contributed by atoms with Crippen molar-refractivity contribution in [3.8, 4) is 0 Å². The molecule has 0 fully saturated rings. The van der Waals surface area contributed by atoms with Gasteiger partial charge in [0, 0.05) is 13.0 Å². The Morgan fingerprint density at radius 2 is 1.08 bits per heavy atom. The summed E-state index contributed by atoms with van der Waals surface area (Å²) in [6.07, 6.45) is 45.4. The van der Waals surface area contributed by atoms with E-state index >= 15 is 0 Å².